The third kappa shape index (κ3) is 3.37. The van der Waals surface area contributed by atoms with Crippen LogP contribution in [0.5, 0.6) is 0 Å². The SMILES string of the molecule is Cc1ccc(-n2ccc(=O)c(-c3nc(-c4ccc(Cl)c(F)c4)no3)n2)cc1. The van der Waals surface area contributed by atoms with Gasteiger partial charge in [0.25, 0.3) is 5.89 Å². The van der Waals surface area contributed by atoms with Crippen LogP contribution in [0.1, 0.15) is 5.56 Å². The molecule has 0 saturated heterocycles. The van der Waals surface area contributed by atoms with Gasteiger partial charge in [0.2, 0.25) is 11.3 Å². The number of rotatable bonds is 3. The fraction of sp³-hybridized carbons (Fsp3) is 0.0526. The Kier molecular flexibility index (Phi) is 4.29. The molecule has 2 aromatic carbocycles. The van der Waals surface area contributed by atoms with Gasteiger partial charge < -0.3 is 4.52 Å². The predicted octanol–water partition coefficient (Wildman–Crippen LogP) is 4.05. The van der Waals surface area contributed by atoms with Crippen LogP contribution in [0.15, 0.2) is 64.0 Å². The molecule has 0 N–H and O–H groups in total. The zero-order valence-corrected chi connectivity index (χ0v) is 14.8. The Bertz CT molecular complexity index is 1190. The second-order valence-corrected chi connectivity index (χ2v) is 6.27. The first-order valence-corrected chi connectivity index (χ1v) is 8.35. The van der Waals surface area contributed by atoms with E-state index in [1.54, 1.807) is 16.9 Å². The number of hydrogen-bond donors (Lipinski definition) is 0. The molecule has 0 unspecified atom stereocenters. The minimum Gasteiger partial charge on any atom is -0.332 e. The highest BCUT2D eigenvalue weighted by Gasteiger charge is 2.16. The fourth-order valence-corrected chi connectivity index (χ4v) is 2.59. The molecule has 4 rings (SSSR count). The van der Waals surface area contributed by atoms with Crippen molar-refractivity contribution in [3.63, 3.8) is 0 Å². The average Bonchev–Trinajstić information content (AvgIpc) is 3.15. The minimum atomic E-state index is -0.597. The lowest BCUT2D eigenvalue weighted by Crippen LogP contribution is -2.12. The number of aryl methyl sites for hydroxylation is 1. The van der Waals surface area contributed by atoms with Crippen molar-refractivity contribution in [2.45, 2.75) is 6.92 Å². The number of aromatic nitrogens is 4. The largest absolute Gasteiger partial charge is 0.332 e. The zero-order valence-electron chi connectivity index (χ0n) is 14.1. The molecule has 0 radical (unpaired) electrons. The van der Waals surface area contributed by atoms with Gasteiger partial charge in [-0.25, -0.2) is 9.07 Å². The van der Waals surface area contributed by atoms with Crippen molar-refractivity contribution in [3.05, 3.63) is 81.4 Å². The van der Waals surface area contributed by atoms with E-state index in [0.29, 0.717) is 5.56 Å². The van der Waals surface area contributed by atoms with Crippen LogP contribution in [-0.2, 0) is 0 Å². The Balaban J connectivity index is 1.74. The molecule has 0 aliphatic heterocycles. The number of hydrogen-bond acceptors (Lipinski definition) is 5. The molecule has 4 aromatic rings. The van der Waals surface area contributed by atoms with E-state index in [4.69, 9.17) is 16.1 Å². The summed E-state index contributed by atoms with van der Waals surface area (Å²) in [6.07, 6.45) is 1.56. The van der Waals surface area contributed by atoms with Crippen molar-refractivity contribution < 1.29 is 8.91 Å². The van der Waals surface area contributed by atoms with Crippen molar-refractivity contribution in [1.82, 2.24) is 19.9 Å². The van der Waals surface area contributed by atoms with Gasteiger partial charge in [0, 0.05) is 17.8 Å². The van der Waals surface area contributed by atoms with E-state index in [9.17, 15) is 9.18 Å². The zero-order chi connectivity index (χ0) is 19.0. The van der Waals surface area contributed by atoms with Crippen LogP contribution in [0.2, 0.25) is 5.02 Å². The fourth-order valence-electron chi connectivity index (χ4n) is 2.47. The summed E-state index contributed by atoms with van der Waals surface area (Å²) < 4.78 is 20.4. The van der Waals surface area contributed by atoms with E-state index in [1.807, 2.05) is 31.2 Å². The van der Waals surface area contributed by atoms with E-state index in [0.717, 1.165) is 11.3 Å². The summed E-state index contributed by atoms with van der Waals surface area (Å²) in [6.45, 7) is 1.98. The quantitative estimate of drug-likeness (QED) is 0.534. The molecule has 0 atom stereocenters. The van der Waals surface area contributed by atoms with Gasteiger partial charge in [-0.05, 0) is 37.3 Å². The van der Waals surface area contributed by atoms with Crippen molar-refractivity contribution in [2.75, 3.05) is 0 Å². The summed E-state index contributed by atoms with van der Waals surface area (Å²) in [4.78, 5) is 16.4. The van der Waals surface area contributed by atoms with E-state index < -0.39 is 5.82 Å². The van der Waals surface area contributed by atoms with Crippen LogP contribution in [0.25, 0.3) is 28.7 Å². The maximum Gasteiger partial charge on any atom is 0.282 e. The van der Waals surface area contributed by atoms with Crippen molar-refractivity contribution >= 4 is 11.6 Å². The summed E-state index contributed by atoms with van der Waals surface area (Å²) in [6, 6.07) is 13.2. The van der Waals surface area contributed by atoms with E-state index in [2.05, 4.69) is 15.2 Å². The van der Waals surface area contributed by atoms with Crippen LogP contribution >= 0.6 is 11.6 Å². The second kappa shape index (κ2) is 6.77. The van der Waals surface area contributed by atoms with Crippen molar-refractivity contribution in [2.24, 2.45) is 0 Å². The molecule has 8 heteroatoms. The molecule has 2 aromatic heterocycles. The average molecular weight is 383 g/mol. The molecule has 0 aliphatic carbocycles. The third-order valence-electron chi connectivity index (χ3n) is 3.91. The maximum atomic E-state index is 13.6. The van der Waals surface area contributed by atoms with Crippen LogP contribution in [0.4, 0.5) is 4.39 Å². The van der Waals surface area contributed by atoms with Crippen molar-refractivity contribution in [3.8, 4) is 28.7 Å². The third-order valence-corrected chi connectivity index (χ3v) is 4.22. The lowest BCUT2D eigenvalue weighted by molar-refractivity contribution is 0.429. The van der Waals surface area contributed by atoms with Gasteiger partial charge in [-0.1, -0.05) is 34.5 Å². The topological polar surface area (TPSA) is 73.8 Å². The van der Waals surface area contributed by atoms with Gasteiger partial charge in [-0.3, -0.25) is 4.79 Å². The molecule has 2 heterocycles. The Hall–Kier alpha value is -3.32. The molecule has 0 saturated carbocycles. The summed E-state index contributed by atoms with van der Waals surface area (Å²) in [7, 11) is 0. The molecule has 0 fully saturated rings. The molecular weight excluding hydrogens is 371 g/mol. The van der Waals surface area contributed by atoms with E-state index >= 15 is 0 Å². The number of nitrogens with zero attached hydrogens (tertiary/aromatic N) is 4. The highest BCUT2D eigenvalue weighted by atomic mass is 35.5. The van der Waals surface area contributed by atoms with Gasteiger partial charge in [0.1, 0.15) is 5.82 Å². The van der Waals surface area contributed by atoms with Gasteiger partial charge in [-0.2, -0.15) is 10.1 Å². The number of halogens is 2. The lowest BCUT2D eigenvalue weighted by Gasteiger charge is -2.05. The molecule has 0 aliphatic rings. The molecule has 6 nitrogen and oxygen atoms in total. The normalized spacial score (nSPS) is 10.9. The lowest BCUT2D eigenvalue weighted by atomic mass is 10.2. The summed E-state index contributed by atoms with van der Waals surface area (Å²) in [5, 5.41) is 8.09. The van der Waals surface area contributed by atoms with Crippen molar-refractivity contribution in [1.29, 1.82) is 0 Å². The Morgan fingerprint density at radius 3 is 2.63 bits per heavy atom. The first-order valence-electron chi connectivity index (χ1n) is 7.98. The highest BCUT2D eigenvalue weighted by Crippen LogP contribution is 2.23. The first kappa shape index (κ1) is 17.1. The second-order valence-electron chi connectivity index (χ2n) is 5.86. The summed E-state index contributed by atoms with van der Waals surface area (Å²) in [5.74, 6) is -0.514. The van der Waals surface area contributed by atoms with Crippen LogP contribution in [0.3, 0.4) is 0 Å². The van der Waals surface area contributed by atoms with Crippen LogP contribution < -0.4 is 5.43 Å². The molecule has 134 valence electrons. The van der Waals surface area contributed by atoms with Crippen LogP contribution in [0, 0.1) is 12.7 Å². The van der Waals surface area contributed by atoms with Gasteiger partial charge in [0.05, 0.1) is 10.7 Å². The molecule has 0 bridgehead atoms. The van der Waals surface area contributed by atoms with Gasteiger partial charge in [-0.15, -0.1) is 0 Å². The highest BCUT2D eigenvalue weighted by molar-refractivity contribution is 6.30. The van der Waals surface area contributed by atoms with Crippen LogP contribution in [-0.4, -0.2) is 19.9 Å². The summed E-state index contributed by atoms with van der Waals surface area (Å²) >= 11 is 5.68. The number of benzene rings is 2. The Morgan fingerprint density at radius 2 is 1.89 bits per heavy atom. The van der Waals surface area contributed by atoms with Gasteiger partial charge in [0.15, 0.2) is 5.69 Å². The Morgan fingerprint density at radius 1 is 1.11 bits per heavy atom. The molecule has 0 spiro atoms. The Labute approximate surface area is 157 Å². The molecular formula is C19H12ClFN4O2. The predicted molar refractivity (Wildman–Crippen MR) is 98.3 cm³/mol. The monoisotopic (exact) mass is 382 g/mol. The smallest absolute Gasteiger partial charge is 0.282 e. The van der Waals surface area contributed by atoms with Gasteiger partial charge >= 0.3 is 0 Å². The maximum absolute atomic E-state index is 13.6. The molecule has 27 heavy (non-hydrogen) atoms. The van der Waals surface area contributed by atoms with E-state index in [-0.39, 0.29) is 27.9 Å². The minimum absolute atomic E-state index is 0.00580. The molecule has 0 amide bonds. The first-order chi connectivity index (χ1) is 13.0. The summed E-state index contributed by atoms with van der Waals surface area (Å²) in [5.41, 5.74) is 1.90. The van der Waals surface area contributed by atoms with E-state index in [1.165, 1.54) is 18.2 Å². The standard InChI is InChI=1S/C19H12ClFN4O2/c1-11-2-5-13(6-3-11)25-9-8-16(26)17(23-25)19-22-18(24-27-19)12-4-7-14(20)15(21)10-12/h2-10H,1H3.